The molecule has 0 aromatic carbocycles. The average Bonchev–Trinajstić information content (AvgIpc) is 2.51. The summed E-state index contributed by atoms with van der Waals surface area (Å²) in [6, 6.07) is -0.694. The second-order valence-corrected chi connectivity index (χ2v) is 7.51. The summed E-state index contributed by atoms with van der Waals surface area (Å²) in [6.45, 7) is 9.26. The molecule has 0 radical (unpaired) electrons. The van der Waals surface area contributed by atoms with Crippen LogP contribution in [0.3, 0.4) is 0 Å². The first-order valence-electron chi connectivity index (χ1n) is 8.95. The van der Waals surface area contributed by atoms with Crippen molar-refractivity contribution in [3.63, 3.8) is 0 Å². The summed E-state index contributed by atoms with van der Waals surface area (Å²) in [5.41, 5.74) is 0. The van der Waals surface area contributed by atoms with E-state index in [0.29, 0.717) is 18.3 Å². The minimum absolute atomic E-state index is 0.0992. The number of hydrogen-bond donors (Lipinski definition) is 1. The lowest BCUT2D eigenvalue weighted by molar-refractivity contribution is -0.147. The van der Waals surface area contributed by atoms with Gasteiger partial charge in [0, 0.05) is 13.1 Å². The topological polar surface area (TPSA) is 84.9 Å². The van der Waals surface area contributed by atoms with Gasteiger partial charge in [-0.25, -0.2) is 4.79 Å². The first-order chi connectivity index (χ1) is 11.7. The number of nitrogens with zero attached hydrogens (tertiary/aromatic N) is 1. The largest absolute Gasteiger partial charge is 0.467 e. The van der Waals surface area contributed by atoms with Crippen molar-refractivity contribution in [1.29, 1.82) is 0 Å². The van der Waals surface area contributed by atoms with Gasteiger partial charge in [0.2, 0.25) is 11.8 Å². The zero-order valence-corrected chi connectivity index (χ0v) is 16.0. The van der Waals surface area contributed by atoms with E-state index in [2.05, 4.69) is 19.2 Å². The zero-order chi connectivity index (χ0) is 19.0. The summed E-state index contributed by atoms with van der Waals surface area (Å²) in [4.78, 5) is 37.6. The van der Waals surface area contributed by atoms with Crippen LogP contribution in [0.2, 0.25) is 0 Å². The van der Waals surface area contributed by atoms with E-state index in [0.717, 1.165) is 19.5 Å². The molecule has 7 heteroatoms. The lowest BCUT2D eigenvalue weighted by Gasteiger charge is -2.34. The number of amides is 2. The molecule has 7 nitrogen and oxygen atoms in total. The van der Waals surface area contributed by atoms with E-state index in [1.165, 1.54) is 7.11 Å². The number of hydrogen-bond acceptors (Lipinski definition) is 5. The van der Waals surface area contributed by atoms with Crippen LogP contribution in [0.25, 0.3) is 0 Å². The van der Waals surface area contributed by atoms with Crippen LogP contribution in [-0.4, -0.2) is 62.1 Å². The van der Waals surface area contributed by atoms with Crippen molar-refractivity contribution in [1.82, 2.24) is 10.2 Å². The van der Waals surface area contributed by atoms with Gasteiger partial charge in [-0.2, -0.15) is 0 Å². The second-order valence-electron chi connectivity index (χ2n) is 7.51. The number of carbonyl (C=O) groups excluding carboxylic acids is 3. The highest BCUT2D eigenvalue weighted by molar-refractivity contribution is 5.85. The fourth-order valence-electron chi connectivity index (χ4n) is 3.25. The maximum atomic E-state index is 12.2. The van der Waals surface area contributed by atoms with Crippen LogP contribution in [0, 0.1) is 17.8 Å². The molecule has 144 valence electrons. The molecule has 1 fully saturated rings. The second kappa shape index (κ2) is 10.4. The van der Waals surface area contributed by atoms with Gasteiger partial charge in [-0.05, 0) is 30.6 Å². The fraction of sp³-hybridized carbons (Fsp3) is 0.833. The Hall–Kier alpha value is -1.63. The van der Waals surface area contributed by atoms with Crippen LogP contribution in [0.15, 0.2) is 0 Å². The lowest BCUT2D eigenvalue weighted by atomic mass is 9.92. The Morgan fingerprint density at radius 3 is 2.24 bits per heavy atom. The van der Waals surface area contributed by atoms with Gasteiger partial charge in [-0.1, -0.05) is 27.7 Å². The van der Waals surface area contributed by atoms with Crippen molar-refractivity contribution >= 4 is 17.8 Å². The van der Waals surface area contributed by atoms with Gasteiger partial charge in [0.05, 0.1) is 7.11 Å². The van der Waals surface area contributed by atoms with Gasteiger partial charge in [0.1, 0.15) is 19.3 Å². The molecule has 1 aliphatic heterocycles. The molecule has 0 aliphatic carbocycles. The summed E-state index contributed by atoms with van der Waals surface area (Å²) >= 11 is 0. The molecule has 0 saturated carbocycles. The van der Waals surface area contributed by atoms with Crippen molar-refractivity contribution < 1.29 is 23.9 Å². The van der Waals surface area contributed by atoms with Crippen LogP contribution in [0.5, 0.6) is 0 Å². The Morgan fingerprint density at radius 2 is 1.72 bits per heavy atom. The maximum Gasteiger partial charge on any atom is 0.328 e. The van der Waals surface area contributed by atoms with E-state index < -0.39 is 17.9 Å². The summed E-state index contributed by atoms with van der Waals surface area (Å²) < 4.78 is 9.95. The average molecular weight is 356 g/mol. The number of methoxy groups -OCH3 is 1. The predicted octanol–water partition coefficient (Wildman–Crippen LogP) is 1.21. The standard InChI is InChI=1S/C18H32N2O5/c1-12(2)6-15(18(23)24-5)19-16(21)10-25-11-17(22)20-8-13(3)7-14(4)9-20/h12-15H,6-11H2,1-5H3,(H,19,21). The first kappa shape index (κ1) is 21.4. The zero-order valence-electron chi connectivity index (χ0n) is 16.0. The Morgan fingerprint density at radius 1 is 1.12 bits per heavy atom. The predicted molar refractivity (Wildman–Crippen MR) is 93.7 cm³/mol. The number of rotatable bonds is 8. The van der Waals surface area contributed by atoms with Crippen molar-refractivity contribution in [2.24, 2.45) is 17.8 Å². The van der Waals surface area contributed by atoms with Gasteiger partial charge in [0.15, 0.2) is 0 Å². The lowest BCUT2D eigenvalue weighted by Crippen LogP contribution is -2.45. The summed E-state index contributed by atoms with van der Waals surface area (Å²) in [6.07, 6.45) is 1.61. The highest BCUT2D eigenvalue weighted by Crippen LogP contribution is 2.20. The van der Waals surface area contributed by atoms with Crippen LogP contribution in [-0.2, 0) is 23.9 Å². The Kier molecular flexibility index (Phi) is 8.89. The molecule has 0 aromatic heterocycles. The molecule has 1 saturated heterocycles. The molecule has 1 N–H and O–H groups in total. The van der Waals surface area contributed by atoms with Crippen molar-refractivity contribution in [3.05, 3.63) is 0 Å². The molecule has 2 amide bonds. The first-order valence-corrected chi connectivity index (χ1v) is 8.95. The molecule has 3 unspecified atom stereocenters. The Labute approximate surface area is 150 Å². The Balaban J connectivity index is 2.37. The number of likely N-dealkylation sites (tertiary alicyclic amines) is 1. The van der Waals surface area contributed by atoms with Crippen LogP contribution < -0.4 is 5.32 Å². The smallest absolute Gasteiger partial charge is 0.328 e. The molecule has 0 bridgehead atoms. The molecule has 0 aromatic rings. The fourth-order valence-corrected chi connectivity index (χ4v) is 3.25. The number of ether oxygens (including phenoxy) is 2. The molecule has 25 heavy (non-hydrogen) atoms. The highest BCUT2D eigenvalue weighted by atomic mass is 16.5. The monoisotopic (exact) mass is 356 g/mol. The third kappa shape index (κ3) is 7.86. The number of nitrogens with one attached hydrogen (secondary N) is 1. The SMILES string of the molecule is COC(=O)C(CC(C)C)NC(=O)COCC(=O)N1CC(C)CC(C)C1. The van der Waals surface area contributed by atoms with Crippen LogP contribution in [0.1, 0.15) is 40.5 Å². The van der Waals surface area contributed by atoms with Gasteiger partial charge >= 0.3 is 5.97 Å². The van der Waals surface area contributed by atoms with Gasteiger partial charge in [0.25, 0.3) is 0 Å². The number of esters is 1. The van der Waals surface area contributed by atoms with Crippen molar-refractivity contribution in [3.8, 4) is 0 Å². The van der Waals surface area contributed by atoms with Crippen LogP contribution >= 0.6 is 0 Å². The van der Waals surface area contributed by atoms with E-state index in [9.17, 15) is 14.4 Å². The summed E-state index contributed by atoms with van der Waals surface area (Å²) in [5, 5.41) is 2.60. The van der Waals surface area contributed by atoms with E-state index in [1.54, 1.807) is 4.90 Å². The van der Waals surface area contributed by atoms with Gasteiger partial charge in [-0.15, -0.1) is 0 Å². The minimum atomic E-state index is -0.694. The maximum absolute atomic E-state index is 12.2. The molecule has 0 spiro atoms. The van der Waals surface area contributed by atoms with Crippen LogP contribution in [0.4, 0.5) is 0 Å². The number of piperidine rings is 1. The highest BCUT2D eigenvalue weighted by Gasteiger charge is 2.26. The van der Waals surface area contributed by atoms with E-state index >= 15 is 0 Å². The number of carbonyl (C=O) groups is 3. The normalized spacial score (nSPS) is 21.8. The molecule has 3 atom stereocenters. The molecule has 1 heterocycles. The minimum Gasteiger partial charge on any atom is -0.467 e. The van der Waals surface area contributed by atoms with Crippen molar-refractivity contribution in [2.75, 3.05) is 33.4 Å². The molecular formula is C18H32N2O5. The Bertz CT molecular complexity index is 456. The summed E-state index contributed by atoms with van der Waals surface area (Å²) in [5.74, 6) is 0.187. The third-order valence-electron chi connectivity index (χ3n) is 4.21. The van der Waals surface area contributed by atoms with Crippen molar-refractivity contribution in [2.45, 2.75) is 46.6 Å². The van der Waals surface area contributed by atoms with E-state index in [-0.39, 0.29) is 25.0 Å². The van der Waals surface area contributed by atoms with Gasteiger partial charge in [-0.3, -0.25) is 9.59 Å². The van der Waals surface area contributed by atoms with Gasteiger partial charge < -0.3 is 19.7 Å². The third-order valence-corrected chi connectivity index (χ3v) is 4.21. The molecule has 1 rings (SSSR count). The van der Waals surface area contributed by atoms with E-state index in [1.807, 2.05) is 13.8 Å². The summed E-state index contributed by atoms with van der Waals surface area (Å²) in [7, 11) is 1.29. The van der Waals surface area contributed by atoms with E-state index in [4.69, 9.17) is 9.47 Å². The quantitative estimate of drug-likeness (QED) is 0.661. The molecule has 1 aliphatic rings. The molecular weight excluding hydrogens is 324 g/mol.